The molecule has 3 rings (SSSR count). The minimum absolute atomic E-state index is 0.206. The highest BCUT2D eigenvalue weighted by Gasteiger charge is 2.26. The van der Waals surface area contributed by atoms with Crippen molar-refractivity contribution < 1.29 is 9.59 Å². The highest BCUT2D eigenvalue weighted by molar-refractivity contribution is 6.02. The number of aryl methyl sites for hydroxylation is 1. The molecule has 2 N–H and O–H groups in total. The van der Waals surface area contributed by atoms with Gasteiger partial charge in [0.05, 0.1) is 11.7 Å². The molecule has 1 aliphatic heterocycles. The first kappa shape index (κ1) is 11.7. The summed E-state index contributed by atoms with van der Waals surface area (Å²) in [5.41, 5.74) is 1.86. The van der Waals surface area contributed by atoms with E-state index in [-0.39, 0.29) is 17.9 Å². The molecule has 1 saturated heterocycles. The van der Waals surface area contributed by atoms with Gasteiger partial charge in [-0.15, -0.1) is 0 Å². The molecule has 2 aromatic rings. The van der Waals surface area contributed by atoms with Gasteiger partial charge >= 0.3 is 0 Å². The molecule has 0 saturated carbocycles. The molecule has 0 radical (unpaired) electrons. The van der Waals surface area contributed by atoms with Gasteiger partial charge in [-0.2, -0.15) is 5.10 Å². The Bertz CT molecular complexity index is 662. The van der Waals surface area contributed by atoms with Crippen LogP contribution in [0, 0.1) is 0 Å². The van der Waals surface area contributed by atoms with Crippen LogP contribution in [0.3, 0.4) is 0 Å². The summed E-state index contributed by atoms with van der Waals surface area (Å²) in [6, 6.07) is 5.42. The highest BCUT2D eigenvalue weighted by Crippen LogP contribution is 2.24. The van der Waals surface area contributed by atoms with Crippen LogP contribution in [-0.2, 0) is 16.6 Å². The number of imide groups is 1. The molecule has 6 heteroatoms. The Morgan fingerprint density at radius 1 is 1.42 bits per heavy atom. The second-order valence-electron chi connectivity index (χ2n) is 4.65. The quantitative estimate of drug-likeness (QED) is 0.781. The minimum Gasteiger partial charge on any atom is -0.373 e. The highest BCUT2D eigenvalue weighted by atomic mass is 16.2. The van der Waals surface area contributed by atoms with Gasteiger partial charge in [-0.05, 0) is 18.6 Å². The van der Waals surface area contributed by atoms with Crippen molar-refractivity contribution in [2.75, 3.05) is 5.32 Å². The molecule has 2 amide bonds. The molecular weight excluding hydrogens is 244 g/mol. The topological polar surface area (TPSA) is 76.0 Å². The van der Waals surface area contributed by atoms with E-state index in [1.807, 2.05) is 25.2 Å². The Hall–Kier alpha value is -2.37. The fraction of sp³-hybridized carbons (Fsp3) is 0.308. The molecule has 1 fully saturated rings. The van der Waals surface area contributed by atoms with Gasteiger partial charge in [0.15, 0.2) is 0 Å². The van der Waals surface area contributed by atoms with Crippen molar-refractivity contribution in [3.63, 3.8) is 0 Å². The number of nitrogens with zero attached hydrogens (tertiary/aromatic N) is 2. The maximum atomic E-state index is 11.7. The van der Waals surface area contributed by atoms with E-state index >= 15 is 0 Å². The van der Waals surface area contributed by atoms with Crippen LogP contribution >= 0.6 is 0 Å². The lowest BCUT2D eigenvalue weighted by Gasteiger charge is -2.23. The van der Waals surface area contributed by atoms with E-state index in [2.05, 4.69) is 15.7 Å². The van der Waals surface area contributed by atoms with Gasteiger partial charge < -0.3 is 5.32 Å². The number of anilines is 1. The third kappa shape index (κ3) is 2.05. The smallest absolute Gasteiger partial charge is 0.249 e. The first-order valence-electron chi connectivity index (χ1n) is 6.16. The molecule has 1 aliphatic rings. The number of amides is 2. The summed E-state index contributed by atoms with van der Waals surface area (Å²) in [4.78, 5) is 22.8. The van der Waals surface area contributed by atoms with Crippen molar-refractivity contribution in [3.05, 3.63) is 24.4 Å². The van der Waals surface area contributed by atoms with Gasteiger partial charge in [-0.25, -0.2) is 0 Å². The van der Waals surface area contributed by atoms with Crippen LogP contribution in [0.4, 0.5) is 5.69 Å². The normalized spacial score (nSPS) is 19.5. The number of carbonyl (C=O) groups excluding carboxylic acids is 2. The predicted molar refractivity (Wildman–Crippen MR) is 70.5 cm³/mol. The lowest BCUT2D eigenvalue weighted by atomic mass is 10.1. The Kier molecular flexibility index (Phi) is 2.70. The summed E-state index contributed by atoms with van der Waals surface area (Å²) < 4.78 is 1.78. The Morgan fingerprint density at radius 3 is 3.05 bits per heavy atom. The van der Waals surface area contributed by atoms with Crippen LogP contribution in [0.5, 0.6) is 0 Å². The van der Waals surface area contributed by atoms with Crippen LogP contribution in [-0.4, -0.2) is 27.6 Å². The number of carbonyl (C=O) groups is 2. The third-order valence-corrected chi connectivity index (χ3v) is 3.36. The van der Waals surface area contributed by atoms with Crippen LogP contribution in [0.2, 0.25) is 0 Å². The zero-order valence-corrected chi connectivity index (χ0v) is 10.5. The average Bonchev–Trinajstić information content (AvgIpc) is 2.76. The lowest BCUT2D eigenvalue weighted by Crippen LogP contribution is -2.47. The zero-order chi connectivity index (χ0) is 13.4. The summed E-state index contributed by atoms with van der Waals surface area (Å²) in [6.45, 7) is 0. The maximum absolute atomic E-state index is 11.7. The van der Waals surface area contributed by atoms with Crippen LogP contribution in [0.25, 0.3) is 10.9 Å². The van der Waals surface area contributed by atoms with E-state index in [0.717, 1.165) is 16.6 Å². The minimum atomic E-state index is -0.372. The lowest BCUT2D eigenvalue weighted by molar-refractivity contribution is -0.133. The van der Waals surface area contributed by atoms with Gasteiger partial charge in [-0.1, -0.05) is 6.07 Å². The number of piperidine rings is 1. The number of hydrogen-bond acceptors (Lipinski definition) is 4. The Morgan fingerprint density at radius 2 is 2.26 bits per heavy atom. The summed E-state index contributed by atoms with van der Waals surface area (Å²) in [7, 11) is 1.87. The molecule has 98 valence electrons. The van der Waals surface area contributed by atoms with Crippen molar-refractivity contribution in [1.82, 2.24) is 15.1 Å². The molecule has 19 heavy (non-hydrogen) atoms. The fourth-order valence-electron chi connectivity index (χ4n) is 2.32. The van der Waals surface area contributed by atoms with Gasteiger partial charge in [0.1, 0.15) is 6.04 Å². The molecule has 1 aromatic carbocycles. The molecule has 1 unspecified atom stereocenters. The predicted octanol–water partition coefficient (Wildman–Crippen LogP) is 0.790. The number of hydrogen-bond donors (Lipinski definition) is 2. The van der Waals surface area contributed by atoms with E-state index in [1.165, 1.54) is 0 Å². The monoisotopic (exact) mass is 258 g/mol. The molecule has 0 spiro atoms. The number of fused-ring (bicyclic) bond motifs is 1. The first-order chi connectivity index (χ1) is 9.15. The fourth-order valence-corrected chi connectivity index (χ4v) is 2.32. The van der Waals surface area contributed by atoms with Gasteiger partial charge in [0.25, 0.3) is 0 Å². The van der Waals surface area contributed by atoms with E-state index in [9.17, 15) is 9.59 Å². The summed E-state index contributed by atoms with van der Waals surface area (Å²) in [5, 5.41) is 10.7. The van der Waals surface area contributed by atoms with E-state index in [0.29, 0.717) is 12.8 Å². The van der Waals surface area contributed by atoms with Crippen molar-refractivity contribution in [1.29, 1.82) is 0 Å². The van der Waals surface area contributed by atoms with Crippen molar-refractivity contribution in [2.45, 2.75) is 18.9 Å². The summed E-state index contributed by atoms with van der Waals surface area (Å²) in [5.74, 6) is -0.472. The molecule has 0 bridgehead atoms. The number of benzene rings is 1. The van der Waals surface area contributed by atoms with Gasteiger partial charge in [0.2, 0.25) is 11.8 Å². The average molecular weight is 258 g/mol. The van der Waals surface area contributed by atoms with E-state index in [4.69, 9.17) is 0 Å². The summed E-state index contributed by atoms with van der Waals surface area (Å²) >= 11 is 0. The largest absolute Gasteiger partial charge is 0.373 e. The second kappa shape index (κ2) is 4.38. The Labute approximate surface area is 109 Å². The van der Waals surface area contributed by atoms with E-state index < -0.39 is 0 Å². The second-order valence-corrected chi connectivity index (χ2v) is 4.65. The molecule has 0 aliphatic carbocycles. The number of nitrogens with one attached hydrogen (secondary N) is 2. The SMILES string of the molecule is Cn1ncc2c(NC3CCC(=O)NC3=O)cccc21. The molecule has 2 heterocycles. The van der Waals surface area contributed by atoms with Crippen molar-refractivity contribution >= 4 is 28.4 Å². The van der Waals surface area contributed by atoms with Crippen LogP contribution in [0.15, 0.2) is 24.4 Å². The Balaban J connectivity index is 1.89. The van der Waals surface area contributed by atoms with Crippen LogP contribution in [0.1, 0.15) is 12.8 Å². The summed E-state index contributed by atoms with van der Waals surface area (Å²) in [6.07, 6.45) is 2.65. The molecule has 6 nitrogen and oxygen atoms in total. The van der Waals surface area contributed by atoms with Crippen molar-refractivity contribution in [3.8, 4) is 0 Å². The molecule has 1 atom stereocenters. The molecule has 1 aromatic heterocycles. The number of aromatic nitrogens is 2. The van der Waals surface area contributed by atoms with Gasteiger partial charge in [0, 0.05) is 24.5 Å². The standard InChI is InChI=1S/C13H14N4O2/c1-17-11-4-2-3-9(8(11)7-14-17)15-10-5-6-12(18)16-13(10)19/h2-4,7,10,15H,5-6H2,1H3,(H,16,18,19). The zero-order valence-electron chi connectivity index (χ0n) is 10.5. The van der Waals surface area contributed by atoms with Crippen molar-refractivity contribution in [2.24, 2.45) is 7.05 Å². The van der Waals surface area contributed by atoms with Crippen LogP contribution < -0.4 is 10.6 Å². The first-order valence-corrected chi connectivity index (χ1v) is 6.16. The van der Waals surface area contributed by atoms with E-state index in [1.54, 1.807) is 10.9 Å². The number of rotatable bonds is 2. The molecular formula is C13H14N4O2. The third-order valence-electron chi connectivity index (χ3n) is 3.36. The maximum Gasteiger partial charge on any atom is 0.249 e. The van der Waals surface area contributed by atoms with Gasteiger partial charge in [-0.3, -0.25) is 19.6 Å².